The van der Waals surface area contributed by atoms with Crippen molar-refractivity contribution in [2.45, 2.75) is 39.7 Å². The van der Waals surface area contributed by atoms with Crippen molar-refractivity contribution in [2.24, 2.45) is 0 Å². The lowest BCUT2D eigenvalue weighted by Gasteiger charge is -2.18. The van der Waals surface area contributed by atoms with E-state index in [0.717, 1.165) is 22.4 Å². The normalized spacial score (nSPS) is 11.8. The molecule has 0 spiro atoms. The van der Waals surface area contributed by atoms with E-state index in [1.807, 2.05) is 57.2 Å². The van der Waals surface area contributed by atoms with Gasteiger partial charge in [0, 0.05) is 18.4 Å². The lowest BCUT2D eigenvalue weighted by Crippen LogP contribution is -2.34. The Hall–Kier alpha value is -3.41. The van der Waals surface area contributed by atoms with Crippen LogP contribution in [0.1, 0.15) is 40.7 Å². The van der Waals surface area contributed by atoms with Crippen molar-refractivity contribution < 1.29 is 19.1 Å². The summed E-state index contributed by atoms with van der Waals surface area (Å²) in [4.78, 5) is 28.5. The Bertz CT molecular complexity index is 1020. The van der Waals surface area contributed by atoms with E-state index in [1.54, 1.807) is 12.1 Å². The fraction of sp³-hybridized carbons (Fsp3) is 0.261. The van der Waals surface area contributed by atoms with Gasteiger partial charge in [-0.25, -0.2) is 9.78 Å². The molecular formula is C23H24N2O4. The van der Waals surface area contributed by atoms with Crippen LogP contribution < -0.4 is 5.32 Å². The van der Waals surface area contributed by atoms with Gasteiger partial charge in [-0.3, -0.25) is 4.79 Å². The molecule has 1 amide bonds. The molecule has 2 N–H and O–H groups in total. The summed E-state index contributed by atoms with van der Waals surface area (Å²) in [6.45, 7) is 5.62. The number of carbonyl (C=O) groups is 2. The molecule has 3 aromatic rings. The molecule has 0 fully saturated rings. The smallest absolute Gasteiger partial charge is 0.330 e. The van der Waals surface area contributed by atoms with E-state index in [9.17, 15) is 14.7 Å². The number of benzene rings is 2. The Morgan fingerprint density at radius 3 is 2.48 bits per heavy atom. The average molecular weight is 392 g/mol. The van der Waals surface area contributed by atoms with Crippen LogP contribution in [-0.2, 0) is 16.0 Å². The molecule has 0 aliphatic rings. The van der Waals surface area contributed by atoms with E-state index in [0.29, 0.717) is 23.6 Å². The third kappa shape index (κ3) is 4.71. The first-order valence-corrected chi connectivity index (χ1v) is 9.47. The van der Waals surface area contributed by atoms with Crippen molar-refractivity contribution in [2.75, 3.05) is 0 Å². The van der Waals surface area contributed by atoms with Crippen LogP contribution >= 0.6 is 0 Å². The number of aryl methyl sites for hydroxylation is 3. The Balaban J connectivity index is 1.67. The zero-order valence-electron chi connectivity index (χ0n) is 16.7. The zero-order valence-corrected chi connectivity index (χ0v) is 16.7. The summed E-state index contributed by atoms with van der Waals surface area (Å²) < 4.78 is 5.82. The minimum atomic E-state index is -1.09. The zero-order chi connectivity index (χ0) is 21.0. The van der Waals surface area contributed by atoms with Crippen molar-refractivity contribution in [3.8, 4) is 11.3 Å². The van der Waals surface area contributed by atoms with Gasteiger partial charge in [-0.15, -0.1) is 0 Å². The lowest BCUT2D eigenvalue weighted by atomic mass is 9.97. The Morgan fingerprint density at radius 1 is 1.07 bits per heavy atom. The van der Waals surface area contributed by atoms with Crippen LogP contribution in [0.25, 0.3) is 11.3 Å². The maximum atomic E-state index is 12.4. The molecule has 1 heterocycles. The largest absolute Gasteiger partial charge is 0.479 e. The number of oxazole rings is 1. The van der Waals surface area contributed by atoms with Gasteiger partial charge in [0.15, 0.2) is 17.7 Å². The minimum Gasteiger partial charge on any atom is -0.479 e. The summed E-state index contributed by atoms with van der Waals surface area (Å²) >= 11 is 0. The second-order valence-electron chi connectivity index (χ2n) is 7.02. The number of amides is 1. The second-order valence-corrected chi connectivity index (χ2v) is 7.02. The Kier molecular flexibility index (Phi) is 6.12. The van der Waals surface area contributed by atoms with E-state index in [-0.39, 0.29) is 12.3 Å². The van der Waals surface area contributed by atoms with Gasteiger partial charge in [-0.05, 0) is 37.5 Å². The van der Waals surface area contributed by atoms with Gasteiger partial charge in [0.1, 0.15) is 0 Å². The van der Waals surface area contributed by atoms with Crippen LogP contribution in [0.3, 0.4) is 0 Å². The van der Waals surface area contributed by atoms with Crippen LogP contribution in [-0.4, -0.2) is 22.0 Å². The van der Waals surface area contributed by atoms with Gasteiger partial charge in [0.05, 0.1) is 5.69 Å². The molecule has 6 heteroatoms. The van der Waals surface area contributed by atoms with E-state index in [4.69, 9.17) is 4.42 Å². The number of nitrogens with one attached hydrogen (secondary N) is 1. The van der Waals surface area contributed by atoms with Crippen molar-refractivity contribution in [3.63, 3.8) is 0 Å². The highest BCUT2D eigenvalue weighted by molar-refractivity contribution is 5.85. The third-order valence-electron chi connectivity index (χ3n) is 4.95. The van der Waals surface area contributed by atoms with Crippen molar-refractivity contribution >= 4 is 11.9 Å². The third-order valence-corrected chi connectivity index (χ3v) is 4.95. The summed E-state index contributed by atoms with van der Waals surface area (Å²) in [5, 5.41) is 12.2. The molecule has 2 aromatic carbocycles. The predicted octanol–water partition coefficient (Wildman–Crippen LogP) is 4.14. The molecule has 150 valence electrons. The number of aliphatic carboxylic acids is 1. The summed E-state index contributed by atoms with van der Waals surface area (Å²) in [5.74, 6) is -0.323. The maximum absolute atomic E-state index is 12.4. The highest BCUT2D eigenvalue weighted by Crippen LogP contribution is 2.25. The molecule has 0 aliphatic heterocycles. The fourth-order valence-corrected chi connectivity index (χ4v) is 3.23. The lowest BCUT2D eigenvalue weighted by molar-refractivity contribution is -0.142. The van der Waals surface area contributed by atoms with Crippen molar-refractivity contribution in [3.05, 3.63) is 76.8 Å². The molecular weight excluding hydrogens is 368 g/mol. The maximum Gasteiger partial charge on any atom is 0.330 e. The first-order chi connectivity index (χ1) is 13.9. The van der Waals surface area contributed by atoms with Crippen LogP contribution in [0, 0.1) is 20.8 Å². The topological polar surface area (TPSA) is 92.4 Å². The number of nitrogens with zero attached hydrogens (tertiary/aromatic N) is 1. The summed E-state index contributed by atoms with van der Waals surface area (Å²) in [6.07, 6.45) is 0.376. The molecule has 0 saturated carbocycles. The first kappa shape index (κ1) is 20.3. The molecule has 6 nitrogen and oxygen atoms in total. The number of hydrogen-bond acceptors (Lipinski definition) is 4. The highest BCUT2D eigenvalue weighted by atomic mass is 16.4. The summed E-state index contributed by atoms with van der Waals surface area (Å²) in [6, 6.07) is 14.0. The fourth-order valence-electron chi connectivity index (χ4n) is 3.23. The number of aromatic nitrogens is 1. The molecule has 1 atom stereocenters. The van der Waals surface area contributed by atoms with Crippen LogP contribution in [0.4, 0.5) is 0 Å². The monoisotopic (exact) mass is 392 g/mol. The average Bonchev–Trinajstić information content (AvgIpc) is 3.08. The Labute approximate surface area is 169 Å². The molecule has 1 unspecified atom stereocenters. The van der Waals surface area contributed by atoms with E-state index in [2.05, 4.69) is 10.3 Å². The van der Waals surface area contributed by atoms with Gasteiger partial charge in [0.2, 0.25) is 5.91 Å². The van der Waals surface area contributed by atoms with Crippen molar-refractivity contribution in [1.29, 1.82) is 0 Å². The number of carboxylic acid groups (broad SMARTS) is 1. The second kappa shape index (κ2) is 8.73. The number of carboxylic acids is 1. The minimum absolute atomic E-state index is 0.0861. The molecule has 0 saturated heterocycles. The van der Waals surface area contributed by atoms with Crippen LogP contribution in [0.15, 0.2) is 52.9 Å². The van der Waals surface area contributed by atoms with Gasteiger partial charge >= 0.3 is 5.97 Å². The number of hydrogen-bond donors (Lipinski definition) is 2. The van der Waals surface area contributed by atoms with E-state index >= 15 is 0 Å². The summed E-state index contributed by atoms with van der Waals surface area (Å²) in [7, 11) is 0. The van der Waals surface area contributed by atoms with Gasteiger partial charge < -0.3 is 14.8 Å². The summed E-state index contributed by atoms with van der Waals surface area (Å²) in [5.41, 5.74) is 4.10. The predicted molar refractivity (Wildman–Crippen MR) is 109 cm³/mol. The molecule has 0 bridgehead atoms. The van der Waals surface area contributed by atoms with Crippen LogP contribution in [0.2, 0.25) is 0 Å². The SMILES string of the molecule is Cc1cccc(C(NC(=O)CCc2nc(C)c(-c3ccccc3)o2)C(=O)O)c1C. The van der Waals surface area contributed by atoms with E-state index < -0.39 is 12.0 Å². The molecule has 1 aromatic heterocycles. The first-order valence-electron chi connectivity index (χ1n) is 9.47. The van der Waals surface area contributed by atoms with Gasteiger partial charge in [-0.1, -0.05) is 48.5 Å². The molecule has 29 heavy (non-hydrogen) atoms. The quantitative estimate of drug-likeness (QED) is 0.630. The highest BCUT2D eigenvalue weighted by Gasteiger charge is 2.24. The van der Waals surface area contributed by atoms with Crippen molar-refractivity contribution in [1.82, 2.24) is 10.3 Å². The molecule has 0 aliphatic carbocycles. The Morgan fingerprint density at radius 2 is 1.79 bits per heavy atom. The van der Waals surface area contributed by atoms with Gasteiger partial charge in [0.25, 0.3) is 0 Å². The number of rotatable bonds is 7. The standard InChI is InChI=1S/C23H24N2O4/c1-14-8-7-11-18(15(14)2)21(23(27)28)25-19(26)12-13-20-24-16(3)22(29-20)17-9-5-4-6-10-17/h4-11,21H,12-13H2,1-3H3,(H,25,26)(H,27,28). The van der Waals surface area contributed by atoms with Gasteiger partial charge in [-0.2, -0.15) is 0 Å². The molecule has 0 radical (unpaired) electrons. The van der Waals surface area contributed by atoms with E-state index in [1.165, 1.54) is 0 Å². The number of carbonyl (C=O) groups excluding carboxylic acids is 1. The van der Waals surface area contributed by atoms with Crippen LogP contribution in [0.5, 0.6) is 0 Å². The molecule has 3 rings (SSSR count).